The fourth-order valence-corrected chi connectivity index (χ4v) is 2.95. The van der Waals surface area contributed by atoms with E-state index in [1.807, 2.05) is 24.8 Å². The molecule has 0 radical (unpaired) electrons. The lowest BCUT2D eigenvalue weighted by Gasteiger charge is -2.32. The number of piperidine rings is 1. The van der Waals surface area contributed by atoms with Crippen LogP contribution in [0.4, 0.5) is 0 Å². The molecule has 0 aromatic carbocycles. The van der Waals surface area contributed by atoms with Crippen molar-refractivity contribution < 1.29 is 0 Å². The molecule has 0 saturated carbocycles. The fraction of sp³-hybridized carbons (Fsp3) is 0.412. The lowest BCUT2D eigenvalue weighted by molar-refractivity contribution is 0.177. The summed E-state index contributed by atoms with van der Waals surface area (Å²) in [6, 6.07) is 8.51. The van der Waals surface area contributed by atoms with Crippen molar-refractivity contribution in [3.8, 4) is 0 Å². The van der Waals surface area contributed by atoms with Gasteiger partial charge in [-0.15, -0.1) is 0 Å². The van der Waals surface area contributed by atoms with Gasteiger partial charge in [-0.05, 0) is 73.7 Å². The topological polar surface area (TPSA) is 29.0 Å². The largest absolute Gasteiger partial charge is 0.299 e. The van der Waals surface area contributed by atoms with E-state index in [0.717, 1.165) is 12.5 Å². The number of likely N-dealkylation sites (tertiary alicyclic amines) is 1. The maximum Gasteiger partial charge on any atom is 0.0271 e. The Hall–Kier alpha value is -1.74. The van der Waals surface area contributed by atoms with Crippen LogP contribution in [0.5, 0.6) is 0 Å². The summed E-state index contributed by atoms with van der Waals surface area (Å²) in [7, 11) is 0. The minimum Gasteiger partial charge on any atom is -0.299 e. The molecule has 0 aliphatic carbocycles. The van der Waals surface area contributed by atoms with Gasteiger partial charge in [0.2, 0.25) is 0 Å². The van der Waals surface area contributed by atoms with Crippen molar-refractivity contribution in [1.29, 1.82) is 0 Å². The Labute approximate surface area is 120 Å². The van der Waals surface area contributed by atoms with Crippen LogP contribution in [0.1, 0.15) is 24.0 Å². The Bertz CT molecular complexity index is 455. The summed E-state index contributed by atoms with van der Waals surface area (Å²) in [6.45, 7) is 3.47. The molecule has 1 aliphatic rings. The minimum atomic E-state index is 0.825. The van der Waals surface area contributed by atoms with Crippen LogP contribution in [0.25, 0.3) is 0 Å². The van der Waals surface area contributed by atoms with E-state index in [0.29, 0.717) is 0 Å². The average molecular weight is 267 g/mol. The van der Waals surface area contributed by atoms with Gasteiger partial charge in [-0.2, -0.15) is 0 Å². The predicted octanol–water partition coefficient (Wildman–Crippen LogP) is 2.93. The molecule has 3 rings (SSSR count). The standard InChI is InChI=1S/C17H21N3/c1-7-18-8-2-15(1)13-16-5-11-20(12-6-16)14-17-3-9-19-10-4-17/h1-4,7-10,16H,5-6,11-14H2. The summed E-state index contributed by atoms with van der Waals surface area (Å²) in [6.07, 6.45) is 11.4. The highest BCUT2D eigenvalue weighted by molar-refractivity contribution is 5.11. The molecule has 1 fully saturated rings. The van der Waals surface area contributed by atoms with Gasteiger partial charge in [0.1, 0.15) is 0 Å². The van der Waals surface area contributed by atoms with Crippen LogP contribution in [0.2, 0.25) is 0 Å². The summed E-state index contributed by atoms with van der Waals surface area (Å²) in [5, 5.41) is 0. The van der Waals surface area contributed by atoms with E-state index < -0.39 is 0 Å². The van der Waals surface area contributed by atoms with Crippen molar-refractivity contribution in [2.75, 3.05) is 13.1 Å². The molecule has 1 aliphatic heterocycles. The molecular formula is C17H21N3. The SMILES string of the molecule is c1cc(CC2CCN(Cc3ccncc3)CC2)ccn1. The molecule has 3 heterocycles. The van der Waals surface area contributed by atoms with Crippen molar-refractivity contribution in [1.82, 2.24) is 14.9 Å². The monoisotopic (exact) mass is 267 g/mol. The first kappa shape index (κ1) is 13.3. The maximum atomic E-state index is 4.08. The van der Waals surface area contributed by atoms with Crippen molar-refractivity contribution in [3.05, 3.63) is 60.2 Å². The van der Waals surface area contributed by atoms with Gasteiger partial charge in [0.05, 0.1) is 0 Å². The third-order valence-corrected chi connectivity index (χ3v) is 4.14. The zero-order chi connectivity index (χ0) is 13.6. The summed E-state index contributed by atoms with van der Waals surface area (Å²) >= 11 is 0. The van der Waals surface area contributed by atoms with E-state index in [1.165, 1.54) is 43.5 Å². The summed E-state index contributed by atoms with van der Waals surface area (Å²) in [5.74, 6) is 0.825. The molecule has 2 aromatic rings. The van der Waals surface area contributed by atoms with Crippen LogP contribution in [0, 0.1) is 5.92 Å². The lowest BCUT2D eigenvalue weighted by Crippen LogP contribution is -2.33. The number of nitrogens with zero attached hydrogens (tertiary/aromatic N) is 3. The molecule has 1 saturated heterocycles. The van der Waals surface area contributed by atoms with Crippen LogP contribution in [0.3, 0.4) is 0 Å². The Balaban J connectivity index is 1.47. The zero-order valence-corrected chi connectivity index (χ0v) is 11.8. The first-order valence-electron chi connectivity index (χ1n) is 7.40. The molecular weight excluding hydrogens is 246 g/mol. The van der Waals surface area contributed by atoms with E-state index in [-0.39, 0.29) is 0 Å². The number of hydrogen-bond acceptors (Lipinski definition) is 3. The second-order valence-electron chi connectivity index (χ2n) is 5.63. The Morgan fingerprint density at radius 3 is 2.00 bits per heavy atom. The second-order valence-corrected chi connectivity index (χ2v) is 5.63. The maximum absolute atomic E-state index is 4.08. The van der Waals surface area contributed by atoms with Gasteiger partial charge in [-0.25, -0.2) is 0 Å². The van der Waals surface area contributed by atoms with Gasteiger partial charge >= 0.3 is 0 Å². The first-order chi connectivity index (χ1) is 9.90. The molecule has 0 amide bonds. The second kappa shape index (κ2) is 6.62. The molecule has 2 aromatic heterocycles. The van der Waals surface area contributed by atoms with E-state index in [9.17, 15) is 0 Å². The molecule has 3 nitrogen and oxygen atoms in total. The number of pyridine rings is 2. The van der Waals surface area contributed by atoms with Crippen LogP contribution < -0.4 is 0 Å². The van der Waals surface area contributed by atoms with E-state index in [1.54, 1.807) is 0 Å². The highest BCUT2D eigenvalue weighted by atomic mass is 15.1. The zero-order valence-electron chi connectivity index (χ0n) is 11.8. The third kappa shape index (κ3) is 3.64. The molecule has 0 spiro atoms. The number of aromatic nitrogens is 2. The highest BCUT2D eigenvalue weighted by Gasteiger charge is 2.19. The highest BCUT2D eigenvalue weighted by Crippen LogP contribution is 2.22. The Kier molecular flexibility index (Phi) is 4.38. The first-order valence-corrected chi connectivity index (χ1v) is 7.40. The molecule has 20 heavy (non-hydrogen) atoms. The lowest BCUT2D eigenvalue weighted by atomic mass is 9.90. The van der Waals surface area contributed by atoms with Gasteiger partial charge in [0.25, 0.3) is 0 Å². The van der Waals surface area contributed by atoms with Crippen molar-refractivity contribution in [3.63, 3.8) is 0 Å². The Morgan fingerprint density at radius 2 is 1.40 bits per heavy atom. The van der Waals surface area contributed by atoms with Gasteiger partial charge in [0, 0.05) is 31.3 Å². The molecule has 0 bridgehead atoms. The molecule has 0 atom stereocenters. The van der Waals surface area contributed by atoms with E-state index >= 15 is 0 Å². The summed E-state index contributed by atoms with van der Waals surface area (Å²) in [4.78, 5) is 10.7. The third-order valence-electron chi connectivity index (χ3n) is 4.14. The number of hydrogen-bond donors (Lipinski definition) is 0. The predicted molar refractivity (Wildman–Crippen MR) is 80.2 cm³/mol. The van der Waals surface area contributed by atoms with Crippen LogP contribution in [0.15, 0.2) is 49.1 Å². The minimum absolute atomic E-state index is 0.825. The molecule has 0 unspecified atom stereocenters. The van der Waals surface area contributed by atoms with Gasteiger partial charge in [0.15, 0.2) is 0 Å². The van der Waals surface area contributed by atoms with Crippen LogP contribution >= 0.6 is 0 Å². The molecule has 104 valence electrons. The van der Waals surface area contributed by atoms with E-state index in [4.69, 9.17) is 0 Å². The summed E-state index contributed by atoms with van der Waals surface area (Å²) < 4.78 is 0. The van der Waals surface area contributed by atoms with Crippen molar-refractivity contribution >= 4 is 0 Å². The normalized spacial score (nSPS) is 17.2. The van der Waals surface area contributed by atoms with Crippen LogP contribution in [-0.4, -0.2) is 28.0 Å². The molecule has 0 N–H and O–H groups in total. The van der Waals surface area contributed by atoms with Gasteiger partial charge < -0.3 is 0 Å². The molecule has 3 heteroatoms. The quantitative estimate of drug-likeness (QED) is 0.853. The Morgan fingerprint density at radius 1 is 0.850 bits per heavy atom. The number of rotatable bonds is 4. The average Bonchev–Trinajstić information content (AvgIpc) is 2.51. The van der Waals surface area contributed by atoms with Gasteiger partial charge in [-0.1, -0.05) is 0 Å². The van der Waals surface area contributed by atoms with Crippen LogP contribution in [-0.2, 0) is 13.0 Å². The smallest absolute Gasteiger partial charge is 0.0271 e. The van der Waals surface area contributed by atoms with Gasteiger partial charge in [-0.3, -0.25) is 14.9 Å². The van der Waals surface area contributed by atoms with Crippen molar-refractivity contribution in [2.24, 2.45) is 5.92 Å². The van der Waals surface area contributed by atoms with Crippen molar-refractivity contribution in [2.45, 2.75) is 25.8 Å². The summed E-state index contributed by atoms with van der Waals surface area (Å²) in [5.41, 5.74) is 2.79. The fourth-order valence-electron chi connectivity index (χ4n) is 2.95. The van der Waals surface area contributed by atoms with E-state index in [2.05, 4.69) is 39.1 Å².